The third-order valence-corrected chi connectivity index (χ3v) is 9.99. The van der Waals surface area contributed by atoms with Gasteiger partial charge in [0.05, 0.1) is 19.8 Å². The smallest absolute Gasteiger partial charge is 0.200 e. The van der Waals surface area contributed by atoms with Crippen molar-refractivity contribution in [1.82, 2.24) is 5.32 Å². The number of phenols is 4. The third kappa shape index (κ3) is 8.40. The first-order valence-electron chi connectivity index (χ1n) is 17.9. The second-order valence-electron chi connectivity index (χ2n) is 14.3. The molecule has 3 atom stereocenters. The summed E-state index contributed by atoms with van der Waals surface area (Å²) in [5, 5.41) is 62.4. The minimum atomic E-state index is -0.967. The first kappa shape index (κ1) is 36.4. The van der Waals surface area contributed by atoms with E-state index in [4.69, 9.17) is 9.47 Å². The van der Waals surface area contributed by atoms with E-state index in [2.05, 4.69) is 10.6 Å². The van der Waals surface area contributed by atoms with Crippen molar-refractivity contribution >= 4 is 22.2 Å². The van der Waals surface area contributed by atoms with E-state index in [1.54, 1.807) is 36.4 Å². The number of methoxy groups -OCH3 is 1. The normalized spacial score (nSPS) is 18.4. The van der Waals surface area contributed by atoms with Crippen LogP contribution in [-0.2, 0) is 17.6 Å². The fourth-order valence-corrected chi connectivity index (χ4v) is 7.15. The number of aromatic hydroxyl groups is 4. The van der Waals surface area contributed by atoms with E-state index < -0.39 is 17.9 Å². The summed E-state index contributed by atoms with van der Waals surface area (Å²) in [5.41, 5.74) is 4.32. The van der Waals surface area contributed by atoms with Crippen molar-refractivity contribution in [3.05, 3.63) is 101 Å². The Morgan fingerprint density at radius 1 is 0.923 bits per heavy atom. The van der Waals surface area contributed by atoms with Crippen LogP contribution in [0.5, 0.6) is 34.5 Å². The summed E-state index contributed by atoms with van der Waals surface area (Å²) in [6.45, 7) is 4.86. The molecule has 0 radical (unpaired) electrons. The third-order valence-electron chi connectivity index (χ3n) is 9.99. The minimum Gasteiger partial charge on any atom is -0.508 e. The summed E-state index contributed by atoms with van der Waals surface area (Å²) < 4.78 is 11.2. The van der Waals surface area contributed by atoms with E-state index in [1.165, 1.54) is 13.2 Å². The molecule has 10 nitrogen and oxygen atoms in total. The number of carbonyl (C=O) groups is 1. The van der Waals surface area contributed by atoms with Gasteiger partial charge in [-0.1, -0.05) is 38.1 Å². The number of Topliss-reactive ketones (excluding diaryl/α,β-unsaturated/α-hetero) is 1. The summed E-state index contributed by atoms with van der Waals surface area (Å²) in [6.07, 6.45) is 5.27. The van der Waals surface area contributed by atoms with E-state index in [1.807, 2.05) is 44.2 Å². The van der Waals surface area contributed by atoms with Gasteiger partial charge in [-0.3, -0.25) is 4.79 Å². The van der Waals surface area contributed by atoms with Gasteiger partial charge in [-0.25, -0.2) is 0 Å². The fraction of sp³-hybridized carbons (Fsp3) is 0.357. The number of aliphatic hydroxyl groups is 1. The van der Waals surface area contributed by atoms with Gasteiger partial charge in [-0.2, -0.15) is 0 Å². The Hall–Kier alpha value is -5.35. The van der Waals surface area contributed by atoms with Crippen LogP contribution in [0.4, 0.5) is 5.69 Å². The highest BCUT2D eigenvalue weighted by Gasteiger charge is 2.31. The van der Waals surface area contributed by atoms with Crippen molar-refractivity contribution in [2.45, 2.75) is 64.4 Å². The van der Waals surface area contributed by atoms with Crippen molar-refractivity contribution in [3.8, 4) is 34.5 Å². The summed E-state index contributed by atoms with van der Waals surface area (Å²) in [7, 11) is 1.48. The van der Waals surface area contributed by atoms with Gasteiger partial charge in [0.2, 0.25) is 5.75 Å². The molecule has 7 N–H and O–H groups in total. The Balaban J connectivity index is 1.39. The van der Waals surface area contributed by atoms with Crippen LogP contribution in [0.15, 0.2) is 84.2 Å². The number of rotatable bonds is 9. The SMILES string of the molecule is COc1cc(CCC(O)C2CC3=CCNC(=C3)Nc3ccc4cc(O)ccc4c3CCC(c3cc(O)c(O)c(OCC(C)C)c3)CC2=O)ccc1O. The average Bonchev–Trinajstić information content (AvgIpc) is 3.13. The number of aliphatic hydroxyl groups excluding tert-OH is 1. The van der Waals surface area contributed by atoms with Crippen molar-refractivity contribution in [2.24, 2.45) is 11.8 Å². The molecule has 0 amide bonds. The molecule has 2 bridgehead atoms. The highest BCUT2D eigenvalue weighted by atomic mass is 16.5. The zero-order valence-corrected chi connectivity index (χ0v) is 29.9. The Bertz CT molecular complexity index is 2000. The molecule has 0 aromatic heterocycles. The van der Waals surface area contributed by atoms with Crippen LogP contribution in [0.3, 0.4) is 0 Å². The standard InChI is InChI=1S/C42H48N2O8/c1-24(2)23-52-40-22-29(21-38(49)42(40)50)27-6-9-32-31-10-8-30(45)19-28(31)7-11-34(32)44-41-18-26(14-15-43-41)16-33(37(48)20-27)35(46)12-4-25-5-13-36(47)39(17-25)51-3/h5,7-8,10-11,13-14,17-19,21-22,24,27,33,35,43-47,49-50H,4,6,9,12,15-16,20,23H2,1-3H3. The maximum absolute atomic E-state index is 14.5. The Morgan fingerprint density at radius 3 is 2.54 bits per heavy atom. The van der Waals surface area contributed by atoms with Gasteiger partial charge in [-0.15, -0.1) is 0 Å². The average molecular weight is 709 g/mol. The maximum Gasteiger partial charge on any atom is 0.200 e. The van der Waals surface area contributed by atoms with Crippen LogP contribution in [-0.4, -0.2) is 57.7 Å². The molecule has 3 unspecified atom stereocenters. The molecule has 52 heavy (non-hydrogen) atoms. The molecule has 0 saturated carbocycles. The second-order valence-corrected chi connectivity index (χ2v) is 14.3. The first-order valence-corrected chi connectivity index (χ1v) is 17.9. The van der Waals surface area contributed by atoms with Gasteiger partial charge in [0.1, 0.15) is 17.4 Å². The van der Waals surface area contributed by atoms with Crippen LogP contribution < -0.4 is 20.1 Å². The van der Waals surface area contributed by atoms with Crippen molar-refractivity contribution in [2.75, 3.05) is 25.6 Å². The number of anilines is 1. The molecular formula is C42H48N2O8. The maximum atomic E-state index is 14.5. The van der Waals surface area contributed by atoms with E-state index in [-0.39, 0.29) is 46.9 Å². The number of aryl methyl sites for hydroxylation is 2. The Morgan fingerprint density at radius 2 is 1.75 bits per heavy atom. The van der Waals surface area contributed by atoms with Crippen LogP contribution >= 0.6 is 0 Å². The highest BCUT2D eigenvalue weighted by molar-refractivity contribution is 5.91. The molecule has 4 aromatic carbocycles. The van der Waals surface area contributed by atoms with Gasteiger partial charge >= 0.3 is 0 Å². The molecule has 274 valence electrons. The number of fused-ring (bicyclic) bond motifs is 4. The number of carbonyl (C=O) groups excluding carboxylic acids is 1. The largest absolute Gasteiger partial charge is 0.508 e. The lowest BCUT2D eigenvalue weighted by Gasteiger charge is -2.26. The predicted molar refractivity (Wildman–Crippen MR) is 201 cm³/mol. The van der Waals surface area contributed by atoms with Crippen LogP contribution in [0.2, 0.25) is 0 Å². The molecule has 4 aromatic rings. The zero-order valence-electron chi connectivity index (χ0n) is 29.9. The Kier molecular flexibility index (Phi) is 11.1. The lowest BCUT2D eigenvalue weighted by atomic mass is 9.80. The van der Waals surface area contributed by atoms with Crippen molar-refractivity contribution in [3.63, 3.8) is 0 Å². The Labute approximate surface area is 304 Å². The first-order chi connectivity index (χ1) is 25.0. The van der Waals surface area contributed by atoms with Gasteiger partial charge in [-0.05, 0) is 126 Å². The number of nitrogens with one attached hydrogen (secondary N) is 2. The number of benzene rings is 4. The van der Waals surface area contributed by atoms with Gasteiger partial charge < -0.3 is 45.6 Å². The number of ketones is 1. The molecule has 2 aliphatic heterocycles. The fourth-order valence-electron chi connectivity index (χ4n) is 7.15. The second kappa shape index (κ2) is 15.9. The number of hydrogen-bond donors (Lipinski definition) is 7. The quantitative estimate of drug-likeness (QED) is 0.0888. The molecule has 0 fully saturated rings. The summed E-state index contributed by atoms with van der Waals surface area (Å²) in [6, 6.07) is 17.5. The number of allylic oxidation sites excluding steroid dienone is 2. The van der Waals surface area contributed by atoms with Gasteiger partial charge in [0.25, 0.3) is 0 Å². The van der Waals surface area contributed by atoms with Crippen molar-refractivity contribution < 1.29 is 39.8 Å². The lowest BCUT2D eigenvalue weighted by molar-refractivity contribution is -0.127. The predicted octanol–water partition coefficient (Wildman–Crippen LogP) is 7.18. The molecule has 0 spiro atoms. The van der Waals surface area contributed by atoms with Gasteiger partial charge in [0, 0.05) is 24.6 Å². The van der Waals surface area contributed by atoms with Crippen LogP contribution in [0.1, 0.15) is 62.1 Å². The molecule has 0 aliphatic carbocycles. The topological polar surface area (TPSA) is 161 Å². The van der Waals surface area contributed by atoms with Crippen LogP contribution in [0.25, 0.3) is 10.8 Å². The van der Waals surface area contributed by atoms with Crippen molar-refractivity contribution in [1.29, 1.82) is 0 Å². The van der Waals surface area contributed by atoms with E-state index in [0.717, 1.165) is 39.0 Å². The molecular weight excluding hydrogens is 660 g/mol. The van der Waals surface area contributed by atoms with Gasteiger partial charge in [0.15, 0.2) is 23.0 Å². The number of phenolic OH excluding ortho intramolecular Hbond substituents is 4. The molecule has 6 rings (SSSR count). The summed E-state index contributed by atoms with van der Waals surface area (Å²) in [5.74, 6) is -0.259. The number of hydrogen-bond acceptors (Lipinski definition) is 10. The monoisotopic (exact) mass is 708 g/mol. The van der Waals surface area contributed by atoms with E-state index in [9.17, 15) is 30.3 Å². The zero-order chi connectivity index (χ0) is 36.9. The van der Waals surface area contributed by atoms with E-state index >= 15 is 0 Å². The lowest BCUT2D eigenvalue weighted by Crippen LogP contribution is -2.31. The molecule has 0 saturated heterocycles. The number of ether oxygens (including phenoxy) is 2. The van der Waals surface area contributed by atoms with Crippen LogP contribution in [0, 0.1) is 11.8 Å². The minimum absolute atomic E-state index is 0.0311. The molecule has 2 aliphatic rings. The molecule has 2 heterocycles. The summed E-state index contributed by atoms with van der Waals surface area (Å²) >= 11 is 0. The number of dihydropyridines is 1. The summed E-state index contributed by atoms with van der Waals surface area (Å²) in [4.78, 5) is 14.5. The molecule has 10 heteroatoms. The van der Waals surface area contributed by atoms with E-state index in [0.29, 0.717) is 56.6 Å². The highest BCUT2D eigenvalue weighted by Crippen LogP contribution is 2.42.